The Morgan fingerprint density at radius 2 is 1.90 bits per heavy atom. The van der Waals surface area contributed by atoms with Gasteiger partial charge in [-0.2, -0.15) is 0 Å². The zero-order valence-electron chi connectivity index (χ0n) is 16.8. The molecule has 29 heavy (non-hydrogen) atoms. The third kappa shape index (κ3) is 5.91. The second-order valence-electron chi connectivity index (χ2n) is 8.36. The number of carbonyl (C=O) groups is 1. The maximum atomic E-state index is 11.8. The number of hydrogen-bond acceptors (Lipinski definition) is 6. The van der Waals surface area contributed by atoms with E-state index in [-0.39, 0.29) is 11.1 Å². The van der Waals surface area contributed by atoms with Crippen molar-refractivity contribution in [3.8, 4) is 16.9 Å². The predicted octanol–water partition coefficient (Wildman–Crippen LogP) is 4.34. The van der Waals surface area contributed by atoms with Gasteiger partial charge in [-0.1, -0.05) is 0 Å². The summed E-state index contributed by atoms with van der Waals surface area (Å²) in [6.45, 7) is 6.44. The third-order valence-corrected chi connectivity index (χ3v) is 4.63. The quantitative estimate of drug-likeness (QED) is 0.549. The lowest BCUT2D eigenvalue weighted by Gasteiger charge is -2.22. The van der Waals surface area contributed by atoms with E-state index >= 15 is 0 Å². The van der Waals surface area contributed by atoms with Crippen molar-refractivity contribution in [1.82, 2.24) is 10.3 Å². The SMILES string of the molecule is CC(C)(C)OC(=O)NCC1(COc2cncc(-c3ccc([N+](=O)[O-])cc3)c2)CC1. The van der Waals surface area contributed by atoms with Gasteiger partial charge in [0.1, 0.15) is 11.4 Å². The first-order chi connectivity index (χ1) is 13.7. The van der Waals surface area contributed by atoms with Gasteiger partial charge in [0, 0.05) is 35.9 Å². The van der Waals surface area contributed by atoms with Gasteiger partial charge in [-0.3, -0.25) is 15.1 Å². The number of aromatic nitrogens is 1. The maximum Gasteiger partial charge on any atom is 0.407 e. The first kappa shape index (κ1) is 20.6. The lowest BCUT2D eigenvalue weighted by Crippen LogP contribution is -2.37. The smallest absolute Gasteiger partial charge is 0.407 e. The van der Waals surface area contributed by atoms with Crippen LogP contribution in [0.1, 0.15) is 33.6 Å². The zero-order valence-corrected chi connectivity index (χ0v) is 16.8. The fourth-order valence-electron chi connectivity index (χ4n) is 2.79. The summed E-state index contributed by atoms with van der Waals surface area (Å²) in [5.41, 5.74) is 1.07. The Bertz CT molecular complexity index is 886. The van der Waals surface area contributed by atoms with Gasteiger partial charge >= 0.3 is 6.09 Å². The highest BCUT2D eigenvalue weighted by atomic mass is 16.6. The number of nitro benzene ring substituents is 1. The Hall–Kier alpha value is -3.16. The molecule has 1 aliphatic carbocycles. The Kier molecular flexibility index (Phi) is 5.72. The van der Waals surface area contributed by atoms with Gasteiger partial charge in [0.25, 0.3) is 5.69 Å². The Morgan fingerprint density at radius 1 is 1.21 bits per heavy atom. The molecule has 1 saturated carbocycles. The van der Waals surface area contributed by atoms with E-state index in [1.165, 1.54) is 12.1 Å². The molecule has 1 aromatic heterocycles. The molecule has 3 rings (SSSR count). The van der Waals surface area contributed by atoms with Crippen LogP contribution in [0, 0.1) is 15.5 Å². The Morgan fingerprint density at radius 3 is 2.48 bits per heavy atom. The second-order valence-corrected chi connectivity index (χ2v) is 8.36. The van der Waals surface area contributed by atoms with Crippen LogP contribution < -0.4 is 10.1 Å². The molecular weight excluding hydrogens is 374 g/mol. The second kappa shape index (κ2) is 8.06. The molecule has 8 nitrogen and oxygen atoms in total. The molecule has 154 valence electrons. The van der Waals surface area contributed by atoms with Crippen LogP contribution in [0.3, 0.4) is 0 Å². The summed E-state index contributed by atoms with van der Waals surface area (Å²) in [6, 6.07) is 8.15. The van der Waals surface area contributed by atoms with Gasteiger partial charge in [-0.25, -0.2) is 4.79 Å². The van der Waals surface area contributed by atoms with Crippen LogP contribution in [-0.4, -0.2) is 34.8 Å². The highest BCUT2D eigenvalue weighted by Crippen LogP contribution is 2.45. The molecule has 2 aromatic rings. The van der Waals surface area contributed by atoms with E-state index in [2.05, 4.69) is 10.3 Å². The van der Waals surface area contributed by atoms with E-state index < -0.39 is 16.6 Å². The fraction of sp³-hybridized carbons (Fsp3) is 0.429. The van der Waals surface area contributed by atoms with Crippen LogP contribution in [0.4, 0.5) is 10.5 Å². The molecular formula is C21H25N3O5. The van der Waals surface area contributed by atoms with Crippen molar-refractivity contribution in [2.45, 2.75) is 39.2 Å². The molecule has 0 atom stereocenters. The average molecular weight is 399 g/mol. The molecule has 1 N–H and O–H groups in total. The third-order valence-electron chi connectivity index (χ3n) is 4.63. The van der Waals surface area contributed by atoms with Crippen molar-refractivity contribution in [3.63, 3.8) is 0 Å². The van der Waals surface area contributed by atoms with Crippen molar-refractivity contribution in [2.24, 2.45) is 5.41 Å². The summed E-state index contributed by atoms with van der Waals surface area (Å²) >= 11 is 0. The van der Waals surface area contributed by atoms with Gasteiger partial charge in [-0.15, -0.1) is 0 Å². The first-order valence-corrected chi connectivity index (χ1v) is 9.45. The largest absolute Gasteiger partial charge is 0.491 e. The van der Waals surface area contributed by atoms with Crippen molar-refractivity contribution >= 4 is 11.8 Å². The van der Waals surface area contributed by atoms with Crippen molar-refractivity contribution < 1.29 is 19.2 Å². The van der Waals surface area contributed by atoms with E-state index in [1.807, 2.05) is 26.8 Å². The van der Waals surface area contributed by atoms with Gasteiger partial charge in [0.2, 0.25) is 0 Å². The van der Waals surface area contributed by atoms with Gasteiger partial charge in [0.15, 0.2) is 0 Å². The number of benzene rings is 1. The number of non-ortho nitro benzene ring substituents is 1. The van der Waals surface area contributed by atoms with Crippen LogP contribution in [0.2, 0.25) is 0 Å². The Labute approximate surface area is 169 Å². The Balaban J connectivity index is 1.56. The maximum absolute atomic E-state index is 11.8. The molecule has 0 radical (unpaired) electrons. The number of amides is 1. The molecule has 0 spiro atoms. The number of nitrogens with zero attached hydrogens (tertiary/aromatic N) is 2. The fourth-order valence-corrected chi connectivity index (χ4v) is 2.79. The minimum absolute atomic E-state index is 0.0438. The summed E-state index contributed by atoms with van der Waals surface area (Å²) in [5.74, 6) is 0.615. The minimum atomic E-state index is -0.527. The van der Waals surface area contributed by atoms with Crippen molar-refractivity contribution in [2.75, 3.05) is 13.2 Å². The van der Waals surface area contributed by atoms with Crippen LogP contribution in [-0.2, 0) is 4.74 Å². The molecule has 1 heterocycles. The number of nitrogens with one attached hydrogen (secondary N) is 1. The van der Waals surface area contributed by atoms with Gasteiger partial charge < -0.3 is 14.8 Å². The van der Waals surface area contributed by atoms with E-state index in [0.717, 1.165) is 24.0 Å². The molecule has 1 fully saturated rings. The zero-order chi connectivity index (χ0) is 21.1. The highest BCUT2D eigenvalue weighted by molar-refractivity contribution is 5.67. The number of alkyl carbamates (subject to hydrolysis) is 1. The molecule has 1 amide bonds. The molecule has 0 unspecified atom stereocenters. The number of pyridine rings is 1. The lowest BCUT2D eigenvalue weighted by molar-refractivity contribution is -0.384. The van der Waals surface area contributed by atoms with Crippen LogP contribution in [0.15, 0.2) is 42.7 Å². The number of nitro groups is 1. The predicted molar refractivity (Wildman–Crippen MR) is 108 cm³/mol. The van der Waals surface area contributed by atoms with Crippen LogP contribution >= 0.6 is 0 Å². The number of rotatable bonds is 7. The number of carbonyl (C=O) groups excluding carboxylic acids is 1. The minimum Gasteiger partial charge on any atom is -0.491 e. The van der Waals surface area contributed by atoms with E-state index in [4.69, 9.17) is 9.47 Å². The standard InChI is InChI=1S/C21H25N3O5/c1-20(2,3)29-19(25)23-13-21(8-9-21)14-28-18-10-16(11-22-12-18)15-4-6-17(7-5-15)24(26)27/h4-7,10-12H,8-9,13-14H2,1-3H3,(H,23,25). The monoisotopic (exact) mass is 399 g/mol. The summed E-state index contributed by atoms with van der Waals surface area (Å²) in [4.78, 5) is 26.4. The topological polar surface area (TPSA) is 104 Å². The molecule has 0 bridgehead atoms. The number of hydrogen-bond donors (Lipinski definition) is 1. The van der Waals surface area contributed by atoms with Crippen molar-refractivity contribution in [3.05, 3.63) is 52.8 Å². The van der Waals surface area contributed by atoms with Gasteiger partial charge in [-0.05, 0) is 57.4 Å². The number of ether oxygens (including phenoxy) is 2. The van der Waals surface area contributed by atoms with E-state index in [0.29, 0.717) is 18.9 Å². The lowest BCUT2D eigenvalue weighted by atomic mass is 10.1. The van der Waals surface area contributed by atoms with Crippen molar-refractivity contribution in [1.29, 1.82) is 0 Å². The molecule has 1 aromatic carbocycles. The molecule has 0 saturated heterocycles. The summed E-state index contributed by atoms with van der Waals surface area (Å²) < 4.78 is 11.2. The summed E-state index contributed by atoms with van der Waals surface area (Å²) in [7, 11) is 0. The van der Waals surface area contributed by atoms with E-state index in [9.17, 15) is 14.9 Å². The molecule has 8 heteroatoms. The summed E-state index contributed by atoms with van der Waals surface area (Å²) in [5, 5.41) is 13.6. The summed E-state index contributed by atoms with van der Waals surface area (Å²) in [6.07, 6.45) is 4.83. The van der Waals surface area contributed by atoms with Crippen LogP contribution in [0.25, 0.3) is 11.1 Å². The normalized spacial score (nSPS) is 14.7. The molecule has 1 aliphatic rings. The van der Waals surface area contributed by atoms with E-state index in [1.54, 1.807) is 24.5 Å². The first-order valence-electron chi connectivity index (χ1n) is 9.45. The highest BCUT2D eigenvalue weighted by Gasteiger charge is 2.44. The molecule has 0 aliphatic heterocycles. The van der Waals surface area contributed by atoms with Gasteiger partial charge in [0.05, 0.1) is 17.7 Å². The van der Waals surface area contributed by atoms with Crippen LogP contribution in [0.5, 0.6) is 5.75 Å². The average Bonchev–Trinajstić information content (AvgIpc) is 3.44.